The maximum absolute atomic E-state index is 10.8. The first-order chi connectivity index (χ1) is 5.70. The van der Waals surface area contributed by atoms with E-state index in [9.17, 15) is 4.79 Å². The molecule has 3 nitrogen and oxygen atoms in total. The Balaban J connectivity index is 2.59. The Morgan fingerprint density at radius 2 is 2.25 bits per heavy atom. The molecule has 1 aliphatic rings. The van der Waals surface area contributed by atoms with Gasteiger partial charge in [0.05, 0.1) is 5.56 Å². The lowest BCUT2D eigenvalue weighted by molar-refractivity contribution is 0.0697. The Morgan fingerprint density at radius 3 is 2.92 bits per heavy atom. The van der Waals surface area contributed by atoms with Crippen molar-refractivity contribution in [2.45, 2.75) is 19.3 Å². The molecule has 3 N–H and O–H groups in total. The molecule has 1 aromatic heterocycles. The van der Waals surface area contributed by atoms with Gasteiger partial charge in [-0.3, -0.25) is 0 Å². The summed E-state index contributed by atoms with van der Waals surface area (Å²) in [6, 6.07) is 0. The van der Waals surface area contributed by atoms with Gasteiger partial charge in [0.2, 0.25) is 0 Å². The summed E-state index contributed by atoms with van der Waals surface area (Å²) in [5.41, 5.74) is 6.92. The standard InChI is InChI=1S/C8H9NO2S/c9-7-6(8(10)11)4-2-1-3-5(4)12-7/h1-3,9H2,(H,10,11). The number of carbonyl (C=O) groups is 1. The lowest BCUT2D eigenvalue weighted by Crippen LogP contribution is -2.01. The smallest absolute Gasteiger partial charge is 0.338 e. The van der Waals surface area contributed by atoms with Crippen molar-refractivity contribution >= 4 is 22.3 Å². The highest BCUT2D eigenvalue weighted by atomic mass is 32.1. The fraction of sp³-hybridized carbons (Fsp3) is 0.375. The van der Waals surface area contributed by atoms with Crippen LogP contribution in [0.4, 0.5) is 5.00 Å². The zero-order valence-electron chi connectivity index (χ0n) is 6.46. The van der Waals surface area contributed by atoms with E-state index >= 15 is 0 Å². The maximum atomic E-state index is 10.8. The van der Waals surface area contributed by atoms with E-state index in [-0.39, 0.29) is 0 Å². The minimum atomic E-state index is -0.882. The number of thiophene rings is 1. The van der Waals surface area contributed by atoms with E-state index in [4.69, 9.17) is 10.8 Å². The van der Waals surface area contributed by atoms with Crippen molar-refractivity contribution in [3.63, 3.8) is 0 Å². The van der Waals surface area contributed by atoms with Gasteiger partial charge in [-0.2, -0.15) is 0 Å². The van der Waals surface area contributed by atoms with E-state index < -0.39 is 5.97 Å². The van der Waals surface area contributed by atoms with Crippen LogP contribution < -0.4 is 5.73 Å². The molecule has 0 atom stereocenters. The number of carboxylic acid groups (broad SMARTS) is 1. The summed E-state index contributed by atoms with van der Waals surface area (Å²) in [6.07, 6.45) is 2.95. The van der Waals surface area contributed by atoms with Gasteiger partial charge in [0.15, 0.2) is 0 Å². The Bertz CT molecular complexity index is 343. The fourth-order valence-corrected chi connectivity index (χ4v) is 2.81. The molecule has 1 aromatic rings. The number of fused-ring (bicyclic) bond motifs is 1. The van der Waals surface area contributed by atoms with E-state index in [0.29, 0.717) is 10.6 Å². The largest absolute Gasteiger partial charge is 0.478 e. The molecule has 0 unspecified atom stereocenters. The molecule has 0 radical (unpaired) electrons. The summed E-state index contributed by atoms with van der Waals surface area (Å²) in [4.78, 5) is 11.9. The number of nitrogens with two attached hydrogens (primary N) is 1. The maximum Gasteiger partial charge on any atom is 0.338 e. The molecule has 0 aliphatic heterocycles. The van der Waals surface area contributed by atoms with Crippen LogP contribution in [0.5, 0.6) is 0 Å². The number of hydrogen-bond donors (Lipinski definition) is 2. The molecule has 0 saturated heterocycles. The molecule has 64 valence electrons. The van der Waals surface area contributed by atoms with E-state index in [1.165, 1.54) is 16.2 Å². The van der Waals surface area contributed by atoms with Gasteiger partial charge in [0, 0.05) is 4.88 Å². The average molecular weight is 183 g/mol. The van der Waals surface area contributed by atoms with Crippen molar-refractivity contribution in [1.82, 2.24) is 0 Å². The third-order valence-electron chi connectivity index (χ3n) is 2.16. The predicted octanol–water partition coefficient (Wildman–Crippen LogP) is 1.52. The fourth-order valence-electron chi connectivity index (χ4n) is 1.66. The lowest BCUT2D eigenvalue weighted by Gasteiger charge is -1.94. The van der Waals surface area contributed by atoms with E-state index in [0.717, 1.165) is 24.8 Å². The third kappa shape index (κ3) is 0.914. The van der Waals surface area contributed by atoms with Gasteiger partial charge in [-0.05, 0) is 24.8 Å². The molecular formula is C8H9NO2S. The quantitative estimate of drug-likeness (QED) is 0.693. The zero-order valence-corrected chi connectivity index (χ0v) is 7.28. The van der Waals surface area contributed by atoms with Crippen molar-refractivity contribution in [2.75, 3.05) is 5.73 Å². The van der Waals surface area contributed by atoms with Gasteiger partial charge in [-0.15, -0.1) is 11.3 Å². The van der Waals surface area contributed by atoms with Crippen molar-refractivity contribution in [1.29, 1.82) is 0 Å². The number of anilines is 1. The van der Waals surface area contributed by atoms with Crippen molar-refractivity contribution in [3.05, 3.63) is 16.0 Å². The van der Waals surface area contributed by atoms with E-state index in [2.05, 4.69) is 0 Å². The molecule has 0 fully saturated rings. The summed E-state index contributed by atoms with van der Waals surface area (Å²) in [6.45, 7) is 0. The molecule has 2 rings (SSSR count). The molecule has 0 amide bonds. The zero-order chi connectivity index (χ0) is 8.72. The summed E-state index contributed by atoms with van der Waals surface area (Å²) in [7, 11) is 0. The van der Waals surface area contributed by atoms with Gasteiger partial charge in [-0.1, -0.05) is 0 Å². The van der Waals surface area contributed by atoms with Crippen molar-refractivity contribution < 1.29 is 9.90 Å². The molecule has 0 aromatic carbocycles. The highest BCUT2D eigenvalue weighted by Gasteiger charge is 2.24. The SMILES string of the molecule is Nc1sc2c(c1C(=O)O)CCC2. The Kier molecular flexibility index (Phi) is 1.58. The lowest BCUT2D eigenvalue weighted by atomic mass is 10.1. The molecule has 0 saturated carbocycles. The van der Waals surface area contributed by atoms with Crippen molar-refractivity contribution in [3.8, 4) is 0 Å². The van der Waals surface area contributed by atoms with Crippen LogP contribution in [-0.2, 0) is 12.8 Å². The first kappa shape index (κ1) is 7.61. The highest BCUT2D eigenvalue weighted by molar-refractivity contribution is 7.16. The number of aromatic carboxylic acids is 1. The van der Waals surface area contributed by atoms with Crippen LogP contribution in [0.3, 0.4) is 0 Å². The molecule has 4 heteroatoms. The molecule has 0 bridgehead atoms. The minimum absolute atomic E-state index is 0.354. The van der Waals surface area contributed by atoms with Crippen LogP contribution in [0.1, 0.15) is 27.2 Å². The number of hydrogen-bond acceptors (Lipinski definition) is 3. The molecular weight excluding hydrogens is 174 g/mol. The second-order valence-corrected chi connectivity index (χ2v) is 4.04. The van der Waals surface area contributed by atoms with Crippen LogP contribution in [0, 0.1) is 0 Å². The first-order valence-corrected chi connectivity index (χ1v) is 4.65. The molecule has 12 heavy (non-hydrogen) atoms. The number of rotatable bonds is 1. The van der Waals surface area contributed by atoms with Crippen LogP contribution in [0.2, 0.25) is 0 Å². The number of carboxylic acids is 1. The van der Waals surface area contributed by atoms with Crippen molar-refractivity contribution in [2.24, 2.45) is 0 Å². The Labute approximate surface area is 73.8 Å². The average Bonchev–Trinajstić information content (AvgIpc) is 2.44. The minimum Gasteiger partial charge on any atom is -0.478 e. The Hall–Kier alpha value is -1.03. The summed E-state index contributed by atoms with van der Waals surface area (Å²) in [5, 5.41) is 9.31. The van der Waals surface area contributed by atoms with E-state index in [1.54, 1.807) is 0 Å². The second-order valence-electron chi connectivity index (χ2n) is 2.90. The second kappa shape index (κ2) is 2.48. The number of aryl methyl sites for hydroxylation is 1. The molecule has 1 aliphatic carbocycles. The van der Waals surface area contributed by atoms with Gasteiger partial charge in [0.1, 0.15) is 5.00 Å². The van der Waals surface area contributed by atoms with Gasteiger partial charge >= 0.3 is 5.97 Å². The summed E-state index contributed by atoms with van der Waals surface area (Å²) >= 11 is 1.43. The van der Waals surface area contributed by atoms with Gasteiger partial charge in [0.25, 0.3) is 0 Å². The number of nitrogen functional groups attached to an aromatic ring is 1. The van der Waals surface area contributed by atoms with Crippen LogP contribution in [0.25, 0.3) is 0 Å². The molecule has 1 heterocycles. The van der Waals surface area contributed by atoms with Crippen LogP contribution >= 0.6 is 11.3 Å². The molecule has 0 spiro atoms. The summed E-state index contributed by atoms with van der Waals surface area (Å²) in [5.74, 6) is -0.882. The normalized spacial score (nSPS) is 14.7. The highest BCUT2D eigenvalue weighted by Crippen LogP contribution is 2.36. The summed E-state index contributed by atoms with van der Waals surface area (Å²) < 4.78 is 0. The predicted molar refractivity (Wildman–Crippen MR) is 47.7 cm³/mol. The van der Waals surface area contributed by atoms with Crippen LogP contribution in [-0.4, -0.2) is 11.1 Å². The Morgan fingerprint density at radius 1 is 1.50 bits per heavy atom. The van der Waals surface area contributed by atoms with Gasteiger partial charge < -0.3 is 10.8 Å². The van der Waals surface area contributed by atoms with E-state index in [1.807, 2.05) is 0 Å². The first-order valence-electron chi connectivity index (χ1n) is 3.83. The van der Waals surface area contributed by atoms with Crippen LogP contribution in [0.15, 0.2) is 0 Å². The van der Waals surface area contributed by atoms with Gasteiger partial charge in [-0.25, -0.2) is 4.79 Å². The topological polar surface area (TPSA) is 63.3 Å². The monoisotopic (exact) mass is 183 g/mol. The third-order valence-corrected chi connectivity index (χ3v) is 3.28.